The Morgan fingerprint density at radius 3 is 2.50 bits per heavy atom. The van der Waals surface area contributed by atoms with Crippen LogP contribution in [0.2, 0.25) is 0 Å². The van der Waals surface area contributed by atoms with Gasteiger partial charge in [0.15, 0.2) is 0 Å². The van der Waals surface area contributed by atoms with E-state index in [0.29, 0.717) is 0 Å². The maximum absolute atomic E-state index is 4.97. The Labute approximate surface area is 114 Å². The van der Waals surface area contributed by atoms with E-state index in [4.69, 9.17) is 4.74 Å². The highest BCUT2D eigenvalue weighted by Gasteiger charge is 2.11. The molecule has 0 saturated carbocycles. The van der Waals surface area contributed by atoms with Crippen LogP contribution in [-0.4, -0.2) is 35.0 Å². The molecule has 0 bridgehead atoms. The smallest absolute Gasteiger partial charge is 0.138 e. The van der Waals surface area contributed by atoms with Crippen molar-refractivity contribution in [2.75, 3.05) is 20.3 Å². The van der Waals surface area contributed by atoms with E-state index in [9.17, 15) is 0 Å². The highest BCUT2D eigenvalue weighted by atomic mass is 32.2. The highest BCUT2D eigenvalue weighted by molar-refractivity contribution is 7.99. The minimum atomic E-state index is 0.254. The van der Waals surface area contributed by atoms with E-state index < -0.39 is 0 Å². The van der Waals surface area contributed by atoms with Crippen molar-refractivity contribution >= 4 is 11.8 Å². The maximum Gasteiger partial charge on any atom is 0.138 e. The summed E-state index contributed by atoms with van der Waals surface area (Å²) in [5.41, 5.74) is 1.11. The molecular formula is C13H23N3OS. The molecule has 1 N–H and O–H groups in total. The number of rotatable bonds is 7. The predicted octanol–water partition coefficient (Wildman–Crippen LogP) is 2.24. The van der Waals surface area contributed by atoms with Crippen molar-refractivity contribution in [1.29, 1.82) is 0 Å². The molecule has 0 saturated heterocycles. The van der Waals surface area contributed by atoms with Crippen molar-refractivity contribution in [3.05, 3.63) is 23.8 Å². The van der Waals surface area contributed by atoms with E-state index in [1.54, 1.807) is 7.11 Å². The number of methoxy groups -OCH3 is 1. The number of hydrogen-bond donors (Lipinski definition) is 1. The van der Waals surface area contributed by atoms with Crippen molar-refractivity contribution in [3.8, 4) is 0 Å². The van der Waals surface area contributed by atoms with Crippen LogP contribution in [-0.2, 0) is 17.0 Å². The zero-order valence-electron chi connectivity index (χ0n) is 11.7. The molecule has 0 aromatic carbocycles. The number of ether oxygens (including phenoxy) is 1. The fourth-order valence-corrected chi connectivity index (χ4v) is 1.95. The van der Waals surface area contributed by atoms with Gasteiger partial charge in [0.05, 0.1) is 12.4 Å². The topological polar surface area (TPSA) is 47.0 Å². The van der Waals surface area contributed by atoms with E-state index >= 15 is 0 Å². The van der Waals surface area contributed by atoms with Crippen LogP contribution in [0.4, 0.5) is 0 Å². The normalized spacial score (nSPS) is 11.8. The molecule has 0 fully saturated rings. The number of nitrogens with one attached hydrogen (secondary N) is 1. The van der Waals surface area contributed by atoms with Gasteiger partial charge in [-0.2, -0.15) is 0 Å². The number of hydrogen-bond acceptors (Lipinski definition) is 5. The van der Waals surface area contributed by atoms with Crippen molar-refractivity contribution < 1.29 is 4.74 Å². The summed E-state index contributed by atoms with van der Waals surface area (Å²) in [4.78, 5) is 8.75. The van der Waals surface area contributed by atoms with Crippen LogP contribution < -0.4 is 5.32 Å². The van der Waals surface area contributed by atoms with Gasteiger partial charge in [-0.1, -0.05) is 20.8 Å². The van der Waals surface area contributed by atoms with E-state index in [-0.39, 0.29) is 4.75 Å². The molecule has 0 aliphatic rings. The van der Waals surface area contributed by atoms with Gasteiger partial charge in [-0.15, -0.1) is 11.8 Å². The third-order valence-electron chi connectivity index (χ3n) is 2.21. The van der Waals surface area contributed by atoms with Crippen molar-refractivity contribution in [2.45, 2.75) is 37.8 Å². The Kier molecular flexibility index (Phi) is 6.60. The number of aromatic nitrogens is 2. The lowest BCUT2D eigenvalue weighted by Crippen LogP contribution is -2.18. The van der Waals surface area contributed by atoms with E-state index in [2.05, 4.69) is 36.1 Å². The summed E-state index contributed by atoms with van der Waals surface area (Å²) in [6.07, 6.45) is 3.79. The molecule has 1 aromatic rings. The van der Waals surface area contributed by atoms with Gasteiger partial charge in [-0.3, -0.25) is 0 Å². The summed E-state index contributed by atoms with van der Waals surface area (Å²) in [6, 6.07) is 0. The second kappa shape index (κ2) is 7.71. The molecule has 0 spiro atoms. The quantitative estimate of drug-likeness (QED) is 0.769. The Bertz CT molecular complexity index is 335. The Hall–Kier alpha value is -0.650. The van der Waals surface area contributed by atoms with E-state index in [0.717, 1.165) is 36.8 Å². The van der Waals surface area contributed by atoms with Crippen LogP contribution in [0.5, 0.6) is 0 Å². The van der Waals surface area contributed by atoms with Gasteiger partial charge in [0.1, 0.15) is 5.82 Å². The average molecular weight is 269 g/mol. The molecule has 4 nitrogen and oxygen atoms in total. The molecule has 1 rings (SSSR count). The number of nitrogens with zero attached hydrogens (tertiary/aromatic N) is 2. The molecule has 18 heavy (non-hydrogen) atoms. The van der Waals surface area contributed by atoms with Gasteiger partial charge in [0.25, 0.3) is 0 Å². The fraction of sp³-hybridized carbons (Fsp3) is 0.692. The van der Waals surface area contributed by atoms with E-state index in [1.165, 1.54) is 0 Å². The maximum atomic E-state index is 4.97. The molecule has 0 atom stereocenters. The Morgan fingerprint density at radius 2 is 1.94 bits per heavy atom. The van der Waals surface area contributed by atoms with Gasteiger partial charge in [-0.05, 0) is 0 Å². The lowest BCUT2D eigenvalue weighted by Gasteiger charge is -2.16. The molecule has 0 amide bonds. The van der Waals surface area contributed by atoms with Crippen molar-refractivity contribution in [2.24, 2.45) is 0 Å². The van der Waals surface area contributed by atoms with Crippen molar-refractivity contribution in [3.63, 3.8) is 0 Å². The second-order valence-corrected chi connectivity index (χ2v) is 6.88. The van der Waals surface area contributed by atoms with Crippen LogP contribution in [0, 0.1) is 0 Å². The molecule has 1 heterocycles. The molecule has 0 radical (unpaired) electrons. The summed E-state index contributed by atoms with van der Waals surface area (Å²) in [7, 11) is 1.70. The van der Waals surface area contributed by atoms with Crippen LogP contribution >= 0.6 is 11.8 Å². The third kappa shape index (κ3) is 6.93. The first-order chi connectivity index (χ1) is 8.51. The molecule has 5 heteroatoms. The van der Waals surface area contributed by atoms with Gasteiger partial charge >= 0.3 is 0 Å². The molecule has 0 aliphatic heterocycles. The van der Waals surface area contributed by atoms with Crippen LogP contribution in [0.3, 0.4) is 0 Å². The first-order valence-electron chi connectivity index (χ1n) is 6.14. The standard InChI is InChI=1S/C13H23N3OS/c1-13(2,3)18-10-12-15-8-11(9-16-12)7-14-5-6-17-4/h8-9,14H,5-7,10H2,1-4H3. The van der Waals surface area contributed by atoms with Gasteiger partial charge in [0, 0.05) is 42.9 Å². The van der Waals surface area contributed by atoms with Crippen LogP contribution in [0.1, 0.15) is 32.2 Å². The number of thioether (sulfide) groups is 1. The van der Waals surface area contributed by atoms with Gasteiger partial charge in [-0.25, -0.2) is 9.97 Å². The van der Waals surface area contributed by atoms with Crippen molar-refractivity contribution in [1.82, 2.24) is 15.3 Å². The van der Waals surface area contributed by atoms with Crippen LogP contribution in [0.15, 0.2) is 12.4 Å². The molecule has 1 aromatic heterocycles. The Balaban J connectivity index is 2.33. The first-order valence-corrected chi connectivity index (χ1v) is 7.13. The van der Waals surface area contributed by atoms with Crippen LogP contribution in [0.25, 0.3) is 0 Å². The second-order valence-electron chi connectivity index (χ2n) is 5.08. The molecule has 0 unspecified atom stereocenters. The molecule has 102 valence electrons. The predicted molar refractivity (Wildman–Crippen MR) is 76.7 cm³/mol. The summed E-state index contributed by atoms with van der Waals surface area (Å²) in [5, 5.41) is 3.27. The minimum absolute atomic E-state index is 0.254. The average Bonchev–Trinajstić information content (AvgIpc) is 2.33. The monoisotopic (exact) mass is 269 g/mol. The largest absolute Gasteiger partial charge is 0.383 e. The summed E-state index contributed by atoms with van der Waals surface area (Å²) in [5.74, 6) is 1.76. The molecular weight excluding hydrogens is 246 g/mol. The zero-order chi connectivity index (χ0) is 13.4. The summed E-state index contributed by atoms with van der Waals surface area (Å²) in [6.45, 7) is 8.96. The first kappa shape index (κ1) is 15.4. The zero-order valence-corrected chi connectivity index (χ0v) is 12.5. The fourth-order valence-electron chi connectivity index (χ4n) is 1.24. The summed E-state index contributed by atoms with van der Waals surface area (Å²) >= 11 is 1.86. The molecule has 0 aliphatic carbocycles. The minimum Gasteiger partial charge on any atom is -0.383 e. The van der Waals surface area contributed by atoms with E-state index in [1.807, 2.05) is 24.2 Å². The Morgan fingerprint density at radius 1 is 1.28 bits per heavy atom. The summed E-state index contributed by atoms with van der Waals surface area (Å²) < 4.78 is 5.22. The lowest BCUT2D eigenvalue weighted by atomic mass is 10.3. The third-order valence-corrected chi connectivity index (χ3v) is 3.47. The highest BCUT2D eigenvalue weighted by Crippen LogP contribution is 2.25. The van der Waals surface area contributed by atoms with Gasteiger partial charge < -0.3 is 10.1 Å². The van der Waals surface area contributed by atoms with Gasteiger partial charge in [0.2, 0.25) is 0 Å². The SMILES string of the molecule is COCCNCc1cnc(CSC(C)(C)C)nc1. The lowest BCUT2D eigenvalue weighted by molar-refractivity contribution is 0.199.